The Bertz CT molecular complexity index is 1040. The van der Waals surface area contributed by atoms with Gasteiger partial charge < -0.3 is 24.8 Å². The second-order valence-electron chi connectivity index (χ2n) is 6.33. The van der Waals surface area contributed by atoms with Crippen LogP contribution >= 0.6 is 11.3 Å². The number of hydrogen-bond acceptors (Lipinski definition) is 6. The summed E-state index contributed by atoms with van der Waals surface area (Å²) in [6.07, 6.45) is 0. The second kappa shape index (κ2) is 9.32. The Morgan fingerprint density at radius 3 is 2.10 bits per heavy atom. The number of amides is 2. The van der Waals surface area contributed by atoms with Gasteiger partial charge in [-0.1, -0.05) is 6.07 Å². The molecule has 0 fully saturated rings. The fraction of sp³-hybridized carbons (Fsp3) is 0.182. The quantitative estimate of drug-likeness (QED) is 0.577. The minimum absolute atomic E-state index is 0.165. The van der Waals surface area contributed by atoms with Gasteiger partial charge >= 0.3 is 0 Å². The zero-order chi connectivity index (χ0) is 21.7. The van der Waals surface area contributed by atoms with Gasteiger partial charge in [-0.3, -0.25) is 9.59 Å². The summed E-state index contributed by atoms with van der Waals surface area (Å²) in [5, 5.41) is 7.58. The first kappa shape index (κ1) is 21.2. The predicted molar refractivity (Wildman–Crippen MR) is 118 cm³/mol. The topological polar surface area (TPSA) is 85.9 Å². The van der Waals surface area contributed by atoms with Crippen molar-refractivity contribution < 1.29 is 23.8 Å². The summed E-state index contributed by atoms with van der Waals surface area (Å²) in [6, 6.07) is 12.0. The summed E-state index contributed by atoms with van der Waals surface area (Å²) in [7, 11) is 4.48. The molecule has 0 unspecified atom stereocenters. The van der Waals surface area contributed by atoms with Crippen LogP contribution in [0.5, 0.6) is 17.2 Å². The predicted octanol–water partition coefficient (Wildman–Crippen LogP) is 4.59. The lowest BCUT2D eigenvalue weighted by Crippen LogP contribution is -2.14. The molecule has 0 aliphatic carbocycles. The number of hydrogen-bond donors (Lipinski definition) is 2. The Morgan fingerprint density at radius 2 is 1.57 bits per heavy atom. The van der Waals surface area contributed by atoms with Crippen LogP contribution in [0.3, 0.4) is 0 Å². The molecule has 0 aliphatic heterocycles. The van der Waals surface area contributed by atoms with Crippen LogP contribution in [0, 0.1) is 6.92 Å². The second-order valence-corrected chi connectivity index (χ2v) is 7.28. The van der Waals surface area contributed by atoms with E-state index in [2.05, 4.69) is 10.6 Å². The summed E-state index contributed by atoms with van der Waals surface area (Å²) in [5.74, 6) is 0.708. The van der Waals surface area contributed by atoms with E-state index < -0.39 is 0 Å². The Hall–Kier alpha value is -3.52. The van der Waals surface area contributed by atoms with Crippen molar-refractivity contribution in [2.24, 2.45) is 0 Å². The molecular weight excluding hydrogens is 404 g/mol. The maximum atomic E-state index is 12.7. The highest BCUT2D eigenvalue weighted by molar-refractivity contribution is 7.12. The lowest BCUT2D eigenvalue weighted by atomic mass is 10.1. The van der Waals surface area contributed by atoms with E-state index in [-0.39, 0.29) is 11.8 Å². The first-order valence-corrected chi connectivity index (χ1v) is 9.91. The van der Waals surface area contributed by atoms with E-state index in [0.717, 1.165) is 5.56 Å². The highest BCUT2D eigenvalue weighted by Gasteiger charge is 2.17. The fourth-order valence-corrected chi connectivity index (χ4v) is 3.51. The zero-order valence-electron chi connectivity index (χ0n) is 17.1. The van der Waals surface area contributed by atoms with Gasteiger partial charge in [-0.25, -0.2) is 0 Å². The SMILES string of the molecule is COc1cc(C(=O)Nc2ccc(NC(=O)c3cccs3)c(C)c2)cc(OC)c1OC. The van der Waals surface area contributed by atoms with Crippen molar-refractivity contribution >= 4 is 34.5 Å². The summed E-state index contributed by atoms with van der Waals surface area (Å²) < 4.78 is 15.9. The number of carbonyl (C=O) groups excluding carboxylic acids is 2. The van der Waals surface area contributed by atoms with Crippen LogP contribution in [0.15, 0.2) is 47.8 Å². The van der Waals surface area contributed by atoms with Crippen LogP contribution in [-0.4, -0.2) is 33.1 Å². The minimum Gasteiger partial charge on any atom is -0.493 e. The molecule has 3 rings (SSSR count). The molecule has 8 heteroatoms. The smallest absolute Gasteiger partial charge is 0.265 e. The molecule has 0 saturated carbocycles. The molecule has 0 spiro atoms. The average molecular weight is 426 g/mol. The molecule has 0 saturated heterocycles. The van der Waals surface area contributed by atoms with Gasteiger partial charge in [0.2, 0.25) is 5.75 Å². The summed E-state index contributed by atoms with van der Waals surface area (Å²) in [6.45, 7) is 1.86. The molecule has 2 amide bonds. The Labute approximate surface area is 178 Å². The minimum atomic E-state index is -0.330. The maximum absolute atomic E-state index is 12.7. The van der Waals surface area contributed by atoms with Gasteiger partial charge in [-0.2, -0.15) is 0 Å². The lowest BCUT2D eigenvalue weighted by molar-refractivity contribution is 0.101. The molecule has 0 radical (unpaired) electrons. The van der Waals surface area contributed by atoms with Gasteiger partial charge in [0.25, 0.3) is 11.8 Å². The average Bonchev–Trinajstić information content (AvgIpc) is 3.29. The first-order valence-electron chi connectivity index (χ1n) is 9.03. The fourth-order valence-electron chi connectivity index (χ4n) is 2.89. The molecule has 156 valence electrons. The number of ether oxygens (including phenoxy) is 3. The van der Waals surface area contributed by atoms with E-state index in [1.165, 1.54) is 32.7 Å². The standard InChI is InChI=1S/C22H22N2O5S/c1-13-10-15(7-8-16(13)24-22(26)19-6-5-9-30-19)23-21(25)14-11-17(27-2)20(29-4)18(12-14)28-3/h5-12H,1-4H3,(H,23,25)(H,24,26). The third-order valence-electron chi connectivity index (χ3n) is 4.40. The number of nitrogens with one attached hydrogen (secondary N) is 2. The van der Waals surface area contributed by atoms with Crippen molar-refractivity contribution in [1.29, 1.82) is 0 Å². The molecular formula is C22H22N2O5S. The molecule has 7 nitrogen and oxygen atoms in total. The molecule has 1 aromatic heterocycles. The highest BCUT2D eigenvalue weighted by atomic mass is 32.1. The molecule has 0 aliphatic rings. The number of anilines is 2. The van der Waals surface area contributed by atoms with E-state index >= 15 is 0 Å². The Balaban J connectivity index is 1.77. The van der Waals surface area contributed by atoms with E-state index in [9.17, 15) is 9.59 Å². The summed E-state index contributed by atoms with van der Waals surface area (Å²) in [5.41, 5.74) is 2.46. The van der Waals surface area contributed by atoms with Crippen LogP contribution in [0.4, 0.5) is 11.4 Å². The molecule has 2 N–H and O–H groups in total. The van der Waals surface area contributed by atoms with Gasteiger partial charge in [0.15, 0.2) is 11.5 Å². The molecule has 1 heterocycles. The summed E-state index contributed by atoms with van der Waals surface area (Å²) >= 11 is 1.38. The van der Waals surface area contributed by atoms with Crippen molar-refractivity contribution in [1.82, 2.24) is 0 Å². The van der Waals surface area contributed by atoms with Gasteiger partial charge in [0.1, 0.15) is 0 Å². The van der Waals surface area contributed by atoms with Crippen LogP contribution in [-0.2, 0) is 0 Å². The van der Waals surface area contributed by atoms with E-state index in [0.29, 0.717) is 39.1 Å². The number of benzene rings is 2. The number of rotatable bonds is 7. The Morgan fingerprint density at radius 1 is 0.867 bits per heavy atom. The number of thiophene rings is 1. The summed E-state index contributed by atoms with van der Waals surface area (Å²) in [4.78, 5) is 25.6. The van der Waals surface area contributed by atoms with Crippen LogP contribution in [0.25, 0.3) is 0 Å². The number of aryl methyl sites for hydroxylation is 1. The van der Waals surface area contributed by atoms with Gasteiger partial charge in [-0.15, -0.1) is 11.3 Å². The molecule has 30 heavy (non-hydrogen) atoms. The first-order chi connectivity index (χ1) is 14.5. The molecule has 0 bridgehead atoms. The third kappa shape index (κ3) is 4.55. The Kier molecular flexibility index (Phi) is 6.58. The number of carbonyl (C=O) groups is 2. The van der Waals surface area contributed by atoms with Crippen molar-refractivity contribution in [3.05, 3.63) is 63.8 Å². The van der Waals surface area contributed by atoms with Gasteiger partial charge in [0, 0.05) is 16.9 Å². The van der Waals surface area contributed by atoms with Crippen LogP contribution < -0.4 is 24.8 Å². The molecule has 2 aromatic carbocycles. The van der Waals surface area contributed by atoms with Crippen molar-refractivity contribution in [3.8, 4) is 17.2 Å². The van der Waals surface area contributed by atoms with Gasteiger partial charge in [-0.05, 0) is 54.3 Å². The van der Waals surface area contributed by atoms with Crippen LogP contribution in [0.2, 0.25) is 0 Å². The highest BCUT2D eigenvalue weighted by Crippen LogP contribution is 2.38. The van der Waals surface area contributed by atoms with E-state index in [1.807, 2.05) is 18.4 Å². The monoisotopic (exact) mass is 426 g/mol. The maximum Gasteiger partial charge on any atom is 0.265 e. The van der Waals surface area contributed by atoms with Crippen LogP contribution in [0.1, 0.15) is 25.6 Å². The largest absolute Gasteiger partial charge is 0.493 e. The zero-order valence-corrected chi connectivity index (χ0v) is 17.9. The van der Waals surface area contributed by atoms with Crippen molar-refractivity contribution in [2.75, 3.05) is 32.0 Å². The van der Waals surface area contributed by atoms with Crippen molar-refractivity contribution in [2.45, 2.75) is 6.92 Å². The van der Waals surface area contributed by atoms with E-state index in [1.54, 1.807) is 36.4 Å². The molecule has 0 atom stereocenters. The lowest BCUT2D eigenvalue weighted by Gasteiger charge is -2.14. The molecule has 3 aromatic rings. The third-order valence-corrected chi connectivity index (χ3v) is 5.27. The van der Waals surface area contributed by atoms with E-state index in [4.69, 9.17) is 14.2 Å². The normalized spacial score (nSPS) is 10.3. The van der Waals surface area contributed by atoms with Gasteiger partial charge in [0.05, 0.1) is 26.2 Å². The number of methoxy groups -OCH3 is 3. The van der Waals surface area contributed by atoms with Crippen molar-refractivity contribution in [3.63, 3.8) is 0 Å².